The summed E-state index contributed by atoms with van der Waals surface area (Å²) < 4.78 is 28.5. The molecular weight excluding hydrogens is 440 g/mol. The summed E-state index contributed by atoms with van der Waals surface area (Å²) in [6.45, 7) is 9.32. The molecule has 4 rings (SSSR count). The van der Waals surface area contributed by atoms with Gasteiger partial charge >= 0.3 is 11.9 Å². The molecule has 1 aliphatic heterocycles. The van der Waals surface area contributed by atoms with E-state index in [1.165, 1.54) is 21.1 Å². The van der Waals surface area contributed by atoms with Gasteiger partial charge in [-0.15, -0.1) is 0 Å². The minimum Gasteiger partial charge on any atom is -0.493 e. The number of rotatable bonds is 6. The van der Waals surface area contributed by atoms with Gasteiger partial charge in [-0.3, -0.25) is 4.79 Å². The van der Waals surface area contributed by atoms with Crippen LogP contribution in [-0.2, 0) is 19.0 Å². The molecule has 3 fully saturated rings. The summed E-state index contributed by atoms with van der Waals surface area (Å²) in [5.74, 6) is -0.533. The molecule has 1 aromatic carbocycles. The van der Waals surface area contributed by atoms with Crippen molar-refractivity contribution in [3.8, 4) is 11.5 Å². The maximum Gasteiger partial charge on any atom is 0.338 e. The Morgan fingerprint density at radius 1 is 1.06 bits per heavy atom. The van der Waals surface area contributed by atoms with Gasteiger partial charge in [0, 0.05) is 31.1 Å². The third kappa shape index (κ3) is 3.94. The van der Waals surface area contributed by atoms with E-state index < -0.39 is 40.7 Å². The first-order valence-corrected chi connectivity index (χ1v) is 11.9. The van der Waals surface area contributed by atoms with E-state index in [1.807, 2.05) is 27.7 Å². The van der Waals surface area contributed by atoms with Gasteiger partial charge in [0.25, 0.3) is 0 Å². The first kappa shape index (κ1) is 24.8. The number of esters is 2. The van der Waals surface area contributed by atoms with Crippen molar-refractivity contribution in [3.05, 3.63) is 23.8 Å². The van der Waals surface area contributed by atoms with Crippen LogP contribution in [0.2, 0.25) is 0 Å². The Hall–Kier alpha value is -2.32. The van der Waals surface area contributed by atoms with Gasteiger partial charge in [-0.05, 0) is 37.5 Å². The van der Waals surface area contributed by atoms with E-state index in [-0.39, 0.29) is 18.0 Å². The number of carbonyl (C=O) groups excluding carboxylic acids is 2. The molecule has 0 radical (unpaired) electrons. The molecule has 1 N–H and O–H groups in total. The smallest absolute Gasteiger partial charge is 0.338 e. The molecule has 0 unspecified atom stereocenters. The summed E-state index contributed by atoms with van der Waals surface area (Å²) in [5.41, 5.74) is -1.92. The van der Waals surface area contributed by atoms with E-state index in [9.17, 15) is 14.7 Å². The van der Waals surface area contributed by atoms with Crippen molar-refractivity contribution in [3.63, 3.8) is 0 Å². The number of aliphatic hydroxyl groups is 1. The topological polar surface area (TPSA) is 104 Å². The number of epoxide rings is 1. The second kappa shape index (κ2) is 8.41. The maximum absolute atomic E-state index is 13.3. The molecule has 34 heavy (non-hydrogen) atoms. The third-order valence-corrected chi connectivity index (χ3v) is 8.32. The Morgan fingerprint density at radius 3 is 2.32 bits per heavy atom. The van der Waals surface area contributed by atoms with Crippen molar-refractivity contribution in [2.75, 3.05) is 14.2 Å². The van der Waals surface area contributed by atoms with Gasteiger partial charge < -0.3 is 28.8 Å². The third-order valence-electron chi connectivity index (χ3n) is 8.32. The molecule has 3 aliphatic rings. The molecule has 8 nitrogen and oxygen atoms in total. The molecule has 0 aromatic heterocycles. The predicted octanol–water partition coefficient (Wildman–Crippen LogP) is 3.53. The van der Waals surface area contributed by atoms with Crippen LogP contribution in [0.4, 0.5) is 0 Å². The van der Waals surface area contributed by atoms with E-state index in [0.717, 1.165) is 0 Å². The van der Waals surface area contributed by atoms with Crippen LogP contribution < -0.4 is 9.47 Å². The fourth-order valence-corrected chi connectivity index (χ4v) is 6.33. The highest BCUT2D eigenvalue weighted by Gasteiger charge is 2.71. The van der Waals surface area contributed by atoms with Gasteiger partial charge in [0.2, 0.25) is 0 Å². The second-order valence-corrected chi connectivity index (χ2v) is 10.8. The summed E-state index contributed by atoms with van der Waals surface area (Å²) in [5, 5.41) is 12.0. The van der Waals surface area contributed by atoms with Gasteiger partial charge in [-0.2, -0.15) is 0 Å². The van der Waals surface area contributed by atoms with Crippen molar-refractivity contribution in [1.29, 1.82) is 0 Å². The Labute approximate surface area is 200 Å². The lowest BCUT2D eigenvalue weighted by Gasteiger charge is -2.44. The zero-order chi connectivity index (χ0) is 25.1. The molecule has 8 heteroatoms. The Kier molecular flexibility index (Phi) is 6.13. The number of hydrogen-bond acceptors (Lipinski definition) is 8. The summed E-state index contributed by atoms with van der Waals surface area (Å²) in [6.07, 6.45) is 0.188. The Morgan fingerprint density at radius 2 is 1.74 bits per heavy atom. The van der Waals surface area contributed by atoms with E-state index in [4.69, 9.17) is 23.7 Å². The van der Waals surface area contributed by atoms with E-state index in [0.29, 0.717) is 36.3 Å². The van der Waals surface area contributed by atoms with Crippen LogP contribution in [-0.4, -0.2) is 60.8 Å². The molecule has 1 heterocycles. The van der Waals surface area contributed by atoms with Crippen LogP contribution in [0.15, 0.2) is 18.2 Å². The number of fused-ring (bicyclic) bond motifs is 2. The zero-order valence-corrected chi connectivity index (χ0v) is 21.0. The Bertz CT molecular complexity index is 976. The van der Waals surface area contributed by atoms with Crippen LogP contribution in [0.5, 0.6) is 11.5 Å². The van der Waals surface area contributed by atoms with Crippen molar-refractivity contribution in [1.82, 2.24) is 0 Å². The number of ether oxygens (including phenoxy) is 5. The summed E-state index contributed by atoms with van der Waals surface area (Å²) in [6, 6.07) is 4.87. The fourth-order valence-electron chi connectivity index (χ4n) is 6.33. The maximum atomic E-state index is 13.3. The SMILES string of the molecule is COc1ccc(C(=O)O[C@H]2C[C@@]3(C)O[C@H]3C[C@@]3(C)[C@@H](OC(C)=O)C[C@@](O)(C(C)C)[C@H]23)cc1OC. The van der Waals surface area contributed by atoms with Crippen molar-refractivity contribution < 1.29 is 38.4 Å². The number of hydrogen-bond donors (Lipinski definition) is 1. The van der Waals surface area contributed by atoms with E-state index >= 15 is 0 Å². The standard InChI is InChI=1S/C26H36O8/c1-14(2)26(29)13-20(32-15(3)27)24(4)12-21-25(5,34-21)11-19(22(24)26)33-23(28)16-8-9-17(30-6)18(10-16)31-7/h8-10,14,19-22,29H,11-13H2,1-7H3/t19-,20-,21-,22+,24-,25+,26+/m0/s1. The molecule has 7 atom stereocenters. The number of carbonyl (C=O) groups is 2. The Balaban J connectivity index is 1.72. The predicted molar refractivity (Wildman–Crippen MR) is 123 cm³/mol. The van der Waals surface area contributed by atoms with Crippen LogP contribution in [0.3, 0.4) is 0 Å². The molecule has 1 saturated heterocycles. The lowest BCUT2D eigenvalue weighted by Crippen LogP contribution is -2.51. The highest BCUT2D eigenvalue weighted by molar-refractivity contribution is 5.90. The molecule has 188 valence electrons. The largest absolute Gasteiger partial charge is 0.493 e. The van der Waals surface area contributed by atoms with Crippen molar-refractivity contribution in [2.24, 2.45) is 17.3 Å². The molecule has 2 aliphatic carbocycles. The molecule has 0 spiro atoms. The van der Waals surface area contributed by atoms with Crippen LogP contribution in [0.1, 0.15) is 64.2 Å². The first-order valence-electron chi connectivity index (χ1n) is 11.9. The molecular formula is C26H36O8. The van der Waals surface area contributed by atoms with E-state index in [2.05, 4.69) is 0 Å². The molecule has 1 aromatic rings. The summed E-state index contributed by atoms with van der Waals surface area (Å²) >= 11 is 0. The minimum atomic E-state index is -1.18. The van der Waals surface area contributed by atoms with E-state index in [1.54, 1.807) is 18.2 Å². The van der Waals surface area contributed by atoms with Crippen LogP contribution >= 0.6 is 0 Å². The summed E-state index contributed by atoms with van der Waals surface area (Å²) in [4.78, 5) is 25.3. The first-order chi connectivity index (χ1) is 15.9. The van der Waals surface area contributed by atoms with Gasteiger partial charge in [-0.25, -0.2) is 4.79 Å². The van der Waals surface area contributed by atoms with Gasteiger partial charge in [-0.1, -0.05) is 20.8 Å². The summed E-state index contributed by atoms with van der Waals surface area (Å²) in [7, 11) is 3.03. The second-order valence-electron chi connectivity index (χ2n) is 10.8. The number of methoxy groups -OCH3 is 2. The molecule has 2 saturated carbocycles. The minimum absolute atomic E-state index is 0.0441. The monoisotopic (exact) mass is 476 g/mol. The van der Waals surface area contributed by atoms with Gasteiger partial charge in [0.05, 0.1) is 37.1 Å². The van der Waals surface area contributed by atoms with Crippen LogP contribution in [0.25, 0.3) is 0 Å². The fraction of sp³-hybridized carbons (Fsp3) is 0.692. The lowest BCUT2D eigenvalue weighted by atomic mass is 9.67. The zero-order valence-electron chi connectivity index (χ0n) is 21.0. The lowest BCUT2D eigenvalue weighted by molar-refractivity contribution is -0.155. The van der Waals surface area contributed by atoms with Crippen LogP contribution in [0, 0.1) is 17.3 Å². The number of benzene rings is 1. The highest BCUT2D eigenvalue weighted by Crippen LogP contribution is 2.64. The van der Waals surface area contributed by atoms with Crippen molar-refractivity contribution in [2.45, 2.75) is 83.4 Å². The van der Waals surface area contributed by atoms with Gasteiger partial charge in [0.1, 0.15) is 12.2 Å². The van der Waals surface area contributed by atoms with Gasteiger partial charge in [0.15, 0.2) is 11.5 Å². The molecule has 0 amide bonds. The van der Waals surface area contributed by atoms with Crippen molar-refractivity contribution >= 4 is 11.9 Å². The highest BCUT2D eigenvalue weighted by atomic mass is 16.6. The molecule has 0 bridgehead atoms. The average Bonchev–Trinajstić information content (AvgIpc) is 3.33. The quantitative estimate of drug-likeness (QED) is 0.491. The average molecular weight is 477 g/mol. The normalized spacial score (nSPS) is 38.4.